The summed E-state index contributed by atoms with van der Waals surface area (Å²) in [5.41, 5.74) is 0.628. The quantitative estimate of drug-likeness (QED) is 0.773. The summed E-state index contributed by atoms with van der Waals surface area (Å²) < 4.78 is 5.31. The molecule has 4 nitrogen and oxygen atoms in total. The molecule has 1 aromatic rings. The van der Waals surface area contributed by atoms with E-state index in [0.717, 1.165) is 25.7 Å². The van der Waals surface area contributed by atoms with E-state index in [-0.39, 0.29) is 11.9 Å². The van der Waals surface area contributed by atoms with Crippen molar-refractivity contribution in [3.05, 3.63) is 24.3 Å². The van der Waals surface area contributed by atoms with Crippen molar-refractivity contribution in [1.82, 2.24) is 0 Å². The van der Waals surface area contributed by atoms with Crippen molar-refractivity contribution in [3.8, 4) is 5.75 Å². The van der Waals surface area contributed by atoms with Gasteiger partial charge in [0.2, 0.25) is 0 Å². The molecule has 0 radical (unpaired) electrons. The lowest BCUT2D eigenvalue weighted by Crippen LogP contribution is -2.24. The summed E-state index contributed by atoms with van der Waals surface area (Å²) in [4.78, 5) is 11.6. The van der Waals surface area contributed by atoms with Gasteiger partial charge >= 0.3 is 6.09 Å². The molecule has 2 N–H and O–H groups in total. The topological polar surface area (TPSA) is 58.6 Å². The third-order valence-electron chi connectivity index (χ3n) is 2.94. The molecule has 1 saturated carbocycles. The Bertz CT molecular complexity index is 369. The van der Waals surface area contributed by atoms with Crippen molar-refractivity contribution in [3.63, 3.8) is 0 Å². The highest BCUT2D eigenvalue weighted by atomic mass is 16.6. The molecule has 0 spiro atoms. The molecule has 0 bridgehead atoms. The Balaban J connectivity index is 1.82. The number of rotatable bonds is 2. The highest BCUT2D eigenvalue weighted by Gasteiger charge is 2.17. The predicted octanol–water partition coefficient (Wildman–Crippen LogP) is 3.27. The summed E-state index contributed by atoms with van der Waals surface area (Å²) in [7, 11) is 0. The van der Waals surface area contributed by atoms with Gasteiger partial charge in [-0.2, -0.15) is 0 Å². The van der Waals surface area contributed by atoms with Crippen molar-refractivity contribution in [2.45, 2.75) is 38.2 Å². The molecule has 1 aromatic carbocycles. The van der Waals surface area contributed by atoms with E-state index in [1.807, 2.05) is 0 Å². The number of anilines is 1. The molecule has 0 aliphatic heterocycles. The van der Waals surface area contributed by atoms with Crippen molar-refractivity contribution in [2.24, 2.45) is 0 Å². The highest BCUT2D eigenvalue weighted by Crippen LogP contribution is 2.21. The maximum Gasteiger partial charge on any atom is 0.411 e. The minimum Gasteiger partial charge on any atom is -0.508 e. The Hall–Kier alpha value is -1.71. The van der Waals surface area contributed by atoms with Crippen molar-refractivity contribution in [1.29, 1.82) is 0 Å². The number of benzene rings is 1. The Morgan fingerprint density at radius 3 is 2.47 bits per heavy atom. The van der Waals surface area contributed by atoms with E-state index in [0.29, 0.717) is 5.69 Å². The molecule has 1 aliphatic rings. The second kappa shape index (κ2) is 5.57. The smallest absolute Gasteiger partial charge is 0.411 e. The number of hydrogen-bond acceptors (Lipinski definition) is 3. The molecule has 4 heteroatoms. The maximum atomic E-state index is 11.6. The number of carbonyl (C=O) groups excluding carboxylic acids is 1. The number of amides is 1. The van der Waals surface area contributed by atoms with Crippen LogP contribution >= 0.6 is 0 Å². The zero-order valence-corrected chi connectivity index (χ0v) is 9.69. The van der Waals surface area contributed by atoms with E-state index in [4.69, 9.17) is 9.84 Å². The lowest BCUT2D eigenvalue weighted by Gasteiger charge is -2.21. The van der Waals surface area contributed by atoms with E-state index < -0.39 is 6.09 Å². The first-order valence-electron chi connectivity index (χ1n) is 6.01. The van der Waals surface area contributed by atoms with Gasteiger partial charge in [0.05, 0.1) is 0 Å². The van der Waals surface area contributed by atoms with Gasteiger partial charge in [0.15, 0.2) is 0 Å². The Morgan fingerprint density at radius 2 is 1.82 bits per heavy atom. The van der Waals surface area contributed by atoms with Crippen LogP contribution in [0.1, 0.15) is 32.1 Å². The molecule has 17 heavy (non-hydrogen) atoms. The largest absolute Gasteiger partial charge is 0.508 e. The van der Waals surface area contributed by atoms with Crippen LogP contribution < -0.4 is 5.32 Å². The summed E-state index contributed by atoms with van der Waals surface area (Å²) in [6.45, 7) is 0. The molecule has 1 fully saturated rings. The molecular formula is C13H17NO3. The summed E-state index contributed by atoms with van der Waals surface area (Å²) in [5, 5.41) is 11.8. The van der Waals surface area contributed by atoms with Gasteiger partial charge in [-0.1, -0.05) is 6.42 Å². The van der Waals surface area contributed by atoms with E-state index in [2.05, 4.69) is 5.32 Å². The third kappa shape index (κ3) is 3.66. The van der Waals surface area contributed by atoms with Gasteiger partial charge in [-0.05, 0) is 49.9 Å². The predicted molar refractivity (Wildman–Crippen MR) is 65.1 cm³/mol. The molecule has 0 heterocycles. The van der Waals surface area contributed by atoms with Gasteiger partial charge in [-0.15, -0.1) is 0 Å². The van der Waals surface area contributed by atoms with Gasteiger partial charge < -0.3 is 9.84 Å². The molecule has 1 amide bonds. The fraction of sp³-hybridized carbons (Fsp3) is 0.462. The zero-order chi connectivity index (χ0) is 12.1. The first kappa shape index (κ1) is 11.8. The highest BCUT2D eigenvalue weighted by molar-refractivity contribution is 5.84. The number of phenols is 1. The average Bonchev–Trinajstić information content (AvgIpc) is 2.33. The number of carbonyl (C=O) groups is 1. The summed E-state index contributed by atoms with van der Waals surface area (Å²) >= 11 is 0. The van der Waals surface area contributed by atoms with Crippen LogP contribution in [0.15, 0.2) is 24.3 Å². The van der Waals surface area contributed by atoms with Gasteiger partial charge in [0, 0.05) is 5.69 Å². The Labute approximate surface area is 101 Å². The number of aromatic hydroxyl groups is 1. The van der Waals surface area contributed by atoms with Gasteiger partial charge in [0.1, 0.15) is 11.9 Å². The van der Waals surface area contributed by atoms with Crippen LogP contribution in [0.2, 0.25) is 0 Å². The first-order valence-corrected chi connectivity index (χ1v) is 6.01. The molecule has 92 valence electrons. The summed E-state index contributed by atoms with van der Waals surface area (Å²) in [6.07, 6.45) is 5.07. The molecule has 0 unspecified atom stereocenters. The van der Waals surface area contributed by atoms with Crippen LogP contribution in [0.5, 0.6) is 5.75 Å². The zero-order valence-electron chi connectivity index (χ0n) is 9.69. The SMILES string of the molecule is O=C(Nc1ccc(O)cc1)OC1CCCCC1. The molecule has 0 aromatic heterocycles. The number of nitrogens with one attached hydrogen (secondary N) is 1. The number of ether oxygens (including phenoxy) is 1. The van der Waals surface area contributed by atoms with Gasteiger partial charge in [-0.25, -0.2) is 4.79 Å². The van der Waals surface area contributed by atoms with Crippen molar-refractivity contribution < 1.29 is 14.6 Å². The fourth-order valence-corrected chi connectivity index (χ4v) is 2.03. The minimum atomic E-state index is -0.414. The van der Waals surface area contributed by atoms with Crippen molar-refractivity contribution >= 4 is 11.8 Å². The molecule has 1 aliphatic carbocycles. The second-order valence-electron chi connectivity index (χ2n) is 4.34. The normalized spacial score (nSPS) is 16.5. The average molecular weight is 235 g/mol. The molecule has 0 saturated heterocycles. The van der Waals surface area contributed by atoms with Gasteiger partial charge in [0.25, 0.3) is 0 Å². The van der Waals surface area contributed by atoms with E-state index in [1.165, 1.54) is 18.6 Å². The van der Waals surface area contributed by atoms with E-state index in [9.17, 15) is 4.79 Å². The lowest BCUT2D eigenvalue weighted by atomic mass is 9.98. The molecular weight excluding hydrogens is 218 g/mol. The molecule has 2 rings (SSSR count). The Kier molecular flexibility index (Phi) is 3.85. The van der Waals surface area contributed by atoms with Crippen molar-refractivity contribution in [2.75, 3.05) is 5.32 Å². The Morgan fingerprint density at radius 1 is 1.18 bits per heavy atom. The van der Waals surface area contributed by atoms with Crippen LogP contribution in [-0.2, 0) is 4.74 Å². The third-order valence-corrected chi connectivity index (χ3v) is 2.94. The first-order chi connectivity index (χ1) is 8.24. The van der Waals surface area contributed by atoms with Crippen LogP contribution in [0.25, 0.3) is 0 Å². The standard InChI is InChI=1S/C13H17NO3/c15-11-8-6-10(7-9-11)14-13(16)17-12-4-2-1-3-5-12/h6-9,12,15H,1-5H2,(H,14,16). The number of phenolic OH excluding ortho intramolecular Hbond substituents is 1. The van der Waals surface area contributed by atoms with E-state index >= 15 is 0 Å². The minimum absolute atomic E-state index is 0.0564. The number of hydrogen-bond donors (Lipinski definition) is 2. The summed E-state index contributed by atoms with van der Waals surface area (Å²) in [6, 6.07) is 6.32. The van der Waals surface area contributed by atoms with Crippen LogP contribution in [-0.4, -0.2) is 17.3 Å². The molecule has 0 atom stereocenters. The van der Waals surface area contributed by atoms with Crippen LogP contribution in [0, 0.1) is 0 Å². The van der Waals surface area contributed by atoms with Gasteiger partial charge in [-0.3, -0.25) is 5.32 Å². The van der Waals surface area contributed by atoms with Crippen LogP contribution in [0.3, 0.4) is 0 Å². The maximum absolute atomic E-state index is 11.6. The van der Waals surface area contributed by atoms with Crippen LogP contribution in [0.4, 0.5) is 10.5 Å². The monoisotopic (exact) mass is 235 g/mol. The fourth-order valence-electron chi connectivity index (χ4n) is 2.03. The summed E-state index contributed by atoms with van der Waals surface area (Å²) in [5.74, 6) is 0.177. The second-order valence-corrected chi connectivity index (χ2v) is 4.34. The lowest BCUT2D eigenvalue weighted by molar-refractivity contribution is 0.0865. The van der Waals surface area contributed by atoms with E-state index in [1.54, 1.807) is 12.1 Å².